The van der Waals surface area contributed by atoms with Crippen molar-refractivity contribution in [3.05, 3.63) is 23.7 Å². The first-order valence-corrected chi connectivity index (χ1v) is 6.76. The standard InChI is InChI=1S/C14H21NO3/c1-2-13-12(7-10-18-13)14(17)15(8-4-9-16)11-5-3-6-11/h7,10-11,16H,2-6,8-9H2,1H3. The topological polar surface area (TPSA) is 53.7 Å². The maximum Gasteiger partial charge on any atom is 0.257 e. The predicted molar refractivity (Wildman–Crippen MR) is 68.5 cm³/mol. The molecule has 1 N–H and O–H groups in total. The van der Waals surface area contributed by atoms with Crippen molar-refractivity contribution in [1.29, 1.82) is 0 Å². The number of aliphatic hydroxyl groups is 1. The molecule has 1 heterocycles. The van der Waals surface area contributed by atoms with E-state index in [4.69, 9.17) is 9.52 Å². The maximum absolute atomic E-state index is 12.5. The summed E-state index contributed by atoms with van der Waals surface area (Å²) in [5.41, 5.74) is 0.683. The van der Waals surface area contributed by atoms with E-state index in [0.29, 0.717) is 24.6 Å². The SMILES string of the molecule is CCc1occc1C(=O)N(CCCO)C1CCC1. The quantitative estimate of drug-likeness (QED) is 0.843. The second kappa shape index (κ2) is 6.05. The lowest BCUT2D eigenvalue weighted by Crippen LogP contribution is -2.45. The van der Waals surface area contributed by atoms with Crippen LogP contribution in [-0.2, 0) is 6.42 Å². The molecule has 2 rings (SSSR count). The Morgan fingerprint density at radius 2 is 2.33 bits per heavy atom. The van der Waals surface area contributed by atoms with Gasteiger partial charge >= 0.3 is 0 Å². The molecule has 0 saturated heterocycles. The van der Waals surface area contributed by atoms with Crippen LogP contribution in [0.2, 0.25) is 0 Å². The largest absolute Gasteiger partial charge is 0.469 e. The van der Waals surface area contributed by atoms with E-state index < -0.39 is 0 Å². The van der Waals surface area contributed by atoms with Gasteiger partial charge in [0.15, 0.2) is 0 Å². The van der Waals surface area contributed by atoms with Gasteiger partial charge in [0.05, 0.1) is 11.8 Å². The van der Waals surface area contributed by atoms with Crippen LogP contribution in [0.4, 0.5) is 0 Å². The van der Waals surface area contributed by atoms with E-state index in [1.807, 2.05) is 11.8 Å². The number of furan rings is 1. The molecule has 1 aromatic rings. The molecule has 0 aromatic carbocycles. The molecule has 1 aliphatic carbocycles. The Balaban J connectivity index is 2.11. The van der Waals surface area contributed by atoms with E-state index >= 15 is 0 Å². The Labute approximate surface area is 108 Å². The minimum absolute atomic E-state index is 0.0544. The summed E-state index contributed by atoms with van der Waals surface area (Å²) in [7, 11) is 0. The average Bonchev–Trinajstić information content (AvgIpc) is 2.79. The van der Waals surface area contributed by atoms with Gasteiger partial charge in [0.2, 0.25) is 0 Å². The fourth-order valence-corrected chi connectivity index (χ4v) is 2.35. The molecule has 4 nitrogen and oxygen atoms in total. The Bertz CT molecular complexity index is 395. The highest BCUT2D eigenvalue weighted by Crippen LogP contribution is 2.27. The van der Waals surface area contributed by atoms with E-state index in [-0.39, 0.29) is 12.5 Å². The Morgan fingerprint density at radius 1 is 1.56 bits per heavy atom. The molecule has 0 aliphatic heterocycles. The Kier molecular flexibility index (Phi) is 4.42. The van der Waals surface area contributed by atoms with Crippen molar-refractivity contribution in [1.82, 2.24) is 4.90 Å². The molecule has 4 heteroatoms. The lowest BCUT2D eigenvalue weighted by Gasteiger charge is -2.37. The molecular formula is C14H21NO3. The van der Waals surface area contributed by atoms with Crippen molar-refractivity contribution < 1.29 is 14.3 Å². The number of carbonyl (C=O) groups excluding carboxylic acids is 1. The van der Waals surface area contributed by atoms with Crippen molar-refractivity contribution in [2.45, 2.75) is 45.1 Å². The zero-order valence-electron chi connectivity index (χ0n) is 10.9. The van der Waals surface area contributed by atoms with Crippen molar-refractivity contribution in [2.75, 3.05) is 13.2 Å². The second-order valence-corrected chi connectivity index (χ2v) is 4.77. The average molecular weight is 251 g/mol. The summed E-state index contributed by atoms with van der Waals surface area (Å²) < 4.78 is 5.32. The van der Waals surface area contributed by atoms with Crippen LogP contribution in [0.3, 0.4) is 0 Å². The Morgan fingerprint density at radius 3 is 2.89 bits per heavy atom. The fraction of sp³-hybridized carbons (Fsp3) is 0.643. The maximum atomic E-state index is 12.5. The van der Waals surface area contributed by atoms with Crippen LogP contribution in [0, 0.1) is 0 Å². The van der Waals surface area contributed by atoms with Crippen LogP contribution in [0.25, 0.3) is 0 Å². The van der Waals surface area contributed by atoms with Crippen LogP contribution >= 0.6 is 0 Å². The highest BCUT2D eigenvalue weighted by Gasteiger charge is 2.30. The molecule has 1 saturated carbocycles. The monoisotopic (exact) mass is 251 g/mol. The zero-order valence-corrected chi connectivity index (χ0v) is 10.9. The van der Waals surface area contributed by atoms with Crippen LogP contribution in [-0.4, -0.2) is 35.1 Å². The van der Waals surface area contributed by atoms with Crippen LogP contribution < -0.4 is 0 Å². The first kappa shape index (κ1) is 13.1. The van der Waals surface area contributed by atoms with E-state index in [9.17, 15) is 4.79 Å². The highest BCUT2D eigenvalue weighted by atomic mass is 16.3. The van der Waals surface area contributed by atoms with Crippen LogP contribution in [0.1, 0.15) is 48.7 Å². The summed E-state index contributed by atoms with van der Waals surface area (Å²) in [6.07, 6.45) is 6.30. The molecule has 0 unspecified atom stereocenters. The summed E-state index contributed by atoms with van der Waals surface area (Å²) in [6.45, 7) is 2.74. The summed E-state index contributed by atoms with van der Waals surface area (Å²) in [5.74, 6) is 0.812. The lowest BCUT2D eigenvalue weighted by atomic mass is 9.90. The predicted octanol–water partition coefficient (Wildman–Crippen LogP) is 2.22. The number of aliphatic hydroxyl groups excluding tert-OH is 1. The van der Waals surface area contributed by atoms with Crippen LogP contribution in [0.15, 0.2) is 16.7 Å². The molecule has 1 amide bonds. The summed E-state index contributed by atoms with van der Waals surface area (Å²) in [6, 6.07) is 2.11. The van der Waals surface area contributed by atoms with Gasteiger partial charge in [-0.15, -0.1) is 0 Å². The zero-order chi connectivity index (χ0) is 13.0. The Hall–Kier alpha value is -1.29. The third-order valence-corrected chi connectivity index (χ3v) is 3.63. The number of nitrogens with zero attached hydrogens (tertiary/aromatic N) is 1. The van der Waals surface area contributed by atoms with Crippen molar-refractivity contribution in [3.8, 4) is 0 Å². The first-order chi connectivity index (χ1) is 8.77. The third kappa shape index (κ3) is 2.58. The van der Waals surface area contributed by atoms with Gasteiger partial charge in [0.25, 0.3) is 5.91 Å². The van der Waals surface area contributed by atoms with Crippen molar-refractivity contribution in [3.63, 3.8) is 0 Å². The summed E-state index contributed by atoms with van der Waals surface area (Å²) in [4.78, 5) is 14.4. The molecule has 1 aromatic heterocycles. The van der Waals surface area contributed by atoms with Gasteiger partial charge in [0.1, 0.15) is 5.76 Å². The van der Waals surface area contributed by atoms with Crippen molar-refractivity contribution in [2.24, 2.45) is 0 Å². The molecule has 0 radical (unpaired) electrons. The van der Waals surface area contributed by atoms with E-state index in [2.05, 4.69) is 0 Å². The summed E-state index contributed by atoms with van der Waals surface area (Å²) in [5, 5.41) is 8.94. The number of aryl methyl sites for hydroxylation is 1. The molecule has 0 spiro atoms. The molecule has 1 aliphatic rings. The first-order valence-electron chi connectivity index (χ1n) is 6.76. The third-order valence-electron chi connectivity index (χ3n) is 3.63. The van der Waals surface area contributed by atoms with E-state index in [0.717, 1.165) is 25.0 Å². The minimum atomic E-state index is 0.0544. The number of hydrogen-bond acceptors (Lipinski definition) is 3. The van der Waals surface area contributed by atoms with Gasteiger partial charge in [-0.1, -0.05) is 6.92 Å². The molecule has 1 fully saturated rings. The second-order valence-electron chi connectivity index (χ2n) is 4.77. The van der Waals surface area contributed by atoms with E-state index in [1.165, 1.54) is 6.42 Å². The van der Waals surface area contributed by atoms with Gasteiger partial charge in [-0.2, -0.15) is 0 Å². The minimum Gasteiger partial charge on any atom is -0.469 e. The van der Waals surface area contributed by atoms with Crippen LogP contribution in [0.5, 0.6) is 0 Å². The number of hydrogen-bond donors (Lipinski definition) is 1. The van der Waals surface area contributed by atoms with Gasteiger partial charge in [0, 0.05) is 25.6 Å². The van der Waals surface area contributed by atoms with Gasteiger partial charge in [-0.05, 0) is 31.7 Å². The number of carbonyl (C=O) groups is 1. The van der Waals surface area contributed by atoms with Gasteiger partial charge in [-0.3, -0.25) is 4.79 Å². The van der Waals surface area contributed by atoms with E-state index in [1.54, 1.807) is 12.3 Å². The lowest BCUT2D eigenvalue weighted by molar-refractivity contribution is 0.0560. The summed E-state index contributed by atoms with van der Waals surface area (Å²) >= 11 is 0. The molecule has 18 heavy (non-hydrogen) atoms. The van der Waals surface area contributed by atoms with Crippen molar-refractivity contribution >= 4 is 5.91 Å². The molecular weight excluding hydrogens is 230 g/mol. The number of rotatable bonds is 6. The smallest absolute Gasteiger partial charge is 0.257 e. The van der Waals surface area contributed by atoms with Gasteiger partial charge < -0.3 is 14.4 Å². The normalized spacial score (nSPS) is 15.4. The van der Waals surface area contributed by atoms with Gasteiger partial charge in [-0.25, -0.2) is 0 Å². The molecule has 0 bridgehead atoms. The molecule has 100 valence electrons. The fourth-order valence-electron chi connectivity index (χ4n) is 2.35. The number of amides is 1. The molecule has 0 atom stereocenters. The highest BCUT2D eigenvalue weighted by molar-refractivity contribution is 5.95.